The highest BCUT2D eigenvalue weighted by atomic mass is 15.1. The minimum Gasteiger partial charge on any atom is -0.371 e. The third-order valence-electron chi connectivity index (χ3n) is 3.07. The minimum absolute atomic E-state index is 1.14. The molecule has 0 unspecified atom stereocenters. The normalized spacial score (nSPS) is 16.3. The Morgan fingerprint density at radius 1 is 1.21 bits per heavy atom. The molecule has 1 heterocycles. The van der Waals surface area contributed by atoms with E-state index in [0.29, 0.717) is 0 Å². The molecular formula is C13H19N. The van der Waals surface area contributed by atoms with Crippen LogP contribution in [0.5, 0.6) is 0 Å². The topological polar surface area (TPSA) is 3.24 Å². The summed E-state index contributed by atoms with van der Waals surface area (Å²) in [4.78, 5) is 2.53. The molecule has 1 aliphatic rings. The standard InChI is InChI=1S/C13H19N/c1-3-12-7-6-11(2)10-13(12)14-8-4-5-9-14/h6-7,10H,3-5,8-9H2,1-2H3. The van der Waals surface area contributed by atoms with Gasteiger partial charge in [0.25, 0.3) is 0 Å². The molecule has 0 bridgehead atoms. The highest BCUT2D eigenvalue weighted by Crippen LogP contribution is 2.26. The van der Waals surface area contributed by atoms with Crippen LogP contribution in [0.3, 0.4) is 0 Å². The molecule has 14 heavy (non-hydrogen) atoms. The molecule has 0 saturated carbocycles. The van der Waals surface area contributed by atoms with E-state index >= 15 is 0 Å². The Hall–Kier alpha value is -0.980. The van der Waals surface area contributed by atoms with Crippen molar-refractivity contribution in [1.82, 2.24) is 0 Å². The largest absolute Gasteiger partial charge is 0.371 e. The molecule has 0 spiro atoms. The number of hydrogen-bond donors (Lipinski definition) is 0. The zero-order valence-electron chi connectivity index (χ0n) is 9.21. The van der Waals surface area contributed by atoms with E-state index in [-0.39, 0.29) is 0 Å². The summed E-state index contributed by atoms with van der Waals surface area (Å²) in [5, 5.41) is 0. The van der Waals surface area contributed by atoms with Gasteiger partial charge < -0.3 is 4.90 Å². The summed E-state index contributed by atoms with van der Waals surface area (Å²) in [6, 6.07) is 6.84. The maximum absolute atomic E-state index is 2.53. The second-order valence-electron chi connectivity index (χ2n) is 4.18. The van der Waals surface area contributed by atoms with Crippen molar-refractivity contribution in [2.75, 3.05) is 18.0 Å². The Balaban J connectivity index is 2.33. The maximum Gasteiger partial charge on any atom is 0.0401 e. The Labute approximate surface area is 86.7 Å². The number of hydrogen-bond acceptors (Lipinski definition) is 1. The first-order chi connectivity index (χ1) is 6.81. The quantitative estimate of drug-likeness (QED) is 0.690. The fourth-order valence-electron chi connectivity index (χ4n) is 2.23. The molecule has 1 heteroatoms. The van der Waals surface area contributed by atoms with Crippen molar-refractivity contribution >= 4 is 5.69 Å². The van der Waals surface area contributed by atoms with Crippen LogP contribution in [0.4, 0.5) is 5.69 Å². The zero-order valence-corrected chi connectivity index (χ0v) is 9.21. The molecule has 0 radical (unpaired) electrons. The molecule has 0 aromatic heterocycles. The van der Waals surface area contributed by atoms with E-state index in [1.54, 1.807) is 0 Å². The van der Waals surface area contributed by atoms with E-state index < -0.39 is 0 Å². The molecule has 1 nitrogen and oxygen atoms in total. The predicted molar refractivity (Wildman–Crippen MR) is 62.0 cm³/mol. The number of aryl methyl sites for hydroxylation is 2. The van der Waals surface area contributed by atoms with E-state index in [1.165, 1.54) is 42.7 Å². The minimum atomic E-state index is 1.14. The molecule has 0 N–H and O–H groups in total. The van der Waals surface area contributed by atoms with Gasteiger partial charge in [-0.05, 0) is 43.4 Å². The van der Waals surface area contributed by atoms with Gasteiger partial charge in [0.15, 0.2) is 0 Å². The molecule has 0 atom stereocenters. The molecular weight excluding hydrogens is 170 g/mol. The van der Waals surface area contributed by atoms with Gasteiger partial charge in [-0.1, -0.05) is 19.1 Å². The van der Waals surface area contributed by atoms with Gasteiger partial charge in [-0.15, -0.1) is 0 Å². The average Bonchev–Trinajstić information content (AvgIpc) is 2.70. The molecule has 1 fully saturated rings. The molecule has 1 aromatic rings. The lowest BCUT2D eigenvalue weighted by Gasteiger charge is -2.21. The van der Waals surface area contributed by atoms with Gasteiger partial charge in [0.1, 0.15) is 0 Å². The third kappa shape index (κ3) is 1.77. The summed E-state index contributed by atoms with van der Waals surface area (Å²) in [6.07, 6.45) is 3.86. The highest BCUT2D eigenvalue weighted by Gasteiger charge is 2.14. The van der Waals surface area contributed by atoms with Crippen LogP contribution in [-0.2, 0) is 6.42 Å². The first-order valence-corrected chi connectivity index (χ1v) is 5.65. The summed E-state index contributed by atoms with van der Waals surface area (Å²) in [5.41, 5.74) is 4.35. The Morgan fingerprint density at radius 3 is 2.57 bits per heavy atom. The van der Waals surface area contributed by atoms with Crippen molar-refractivity contribution in [3.63, 3.8) is 0 Å². The van der Waals surface area contributed by atoms with Crippen molar-refractivity contribution < 1.29 is 0 Å². The van der Waals surface area contributed by atoms with Crippen molar-refractivity contribution in [1.29, 1.82) is 0 Å². The summed E-state index contributed by atoms with van der Waals surface area (Å²) in [7, 11) is 0. The SMILES string of the molecule is CCc1ccc(C)cc1N1CCCC1. The van der Waals surface area contributed by atoms with E-state index in [0.717, 1.165) is 6.42 Å². The number of anilines is 1. The smallest absolute Gasteiger partial charge is 0.0401 e. The van der Waals surface area contributed by atoms with E-state index in [9.17, 15) is 0 Å². The van der Waals surface area contributed by atoms with Gasteiger partial charge in [0, 0.05) is 18.8 Å². The Kier molecular flexibility index (Phi) is 2.76. The van der Waals surface area contributed by atoms with Gasteiger partial charge >= 0.3 is 0 Å². The van der Waals surface area contributed by atoms with Crippen LogP contribution < -0.4 is 4.90 Å². The predicted octanol–water partition coefficient (Wildman–Crippen LogP) is 3.16. The van der Waals surface area contributed by atoms with Crippen LogP contribution in [0.25, 0.3) is 0 Å². The van der Waals surface area contributed by atoms with Crippen molar-refractivity contribution in [2.45, 2.75) is 33.1 Å². The molecule has 2 rings (SSSR count). The highest BCUT2D eigenvalue weighted by molar-refractivity contribution is 5.56. The Bertz CT molecular complexity index is 311. The molecule has 0 aliphatic carbocycles. The Morgan fingerprint density at radius 2 is 1.93 bits per heavy atom. The molecule has 1 aliphatic heterocycles. The maximum atomic E-state index is 2.53. The molecule has 0 amide bonds. The van der Waals surface area contributed by atoms with Crippen LogP contribution in [0.15, 0.2) is 18.2 Å². The van der Waals surface area contributed by atoms with Crippen LogP contribution in [-0.4, -0.2) is 13.1 Å². The second kappa shape index (κ2) is 4.04. The summed E-state index contributed by atoms with van der Waals surface area (Å²) >= 11 is 0. The van der Waals surface area contributed by atoms with Crippen LogP contribution >= 0.6 is 0 Å². The van der Waals surface area contributed by atoms with Crippen molar-refractivity contribution in [2.24, 2.45) is 0 Å². The van der Waals surface area contributed by atoms with Gasteiger partial charge in [0.05, 0.1) is 0 Å². The summed E-state index contributed by atoms with van der Waals surface area (Å²) < 4.78 is 0. The number of nitrogens with zero attached hydrogens (tertiary/aromatic N) is 1. The monoisotopic (exact) mass is 189 g/mol. The first kappa shape index (κ1) is 9.57. The third-order valence-corrected chi connectivity index (χ3v) is 3.07. The van der Waals surface area contributed by atoms with E-state index in [2.05, 4.69) is 36.9 Å². The van der Waals surface area contributed by atoms with Gasteiger partial charge in [0.2, 0.25) is 0 Å². The lowest BCUT2D eigenvalue weighted by molar-refractivity contribution is 0.946. The first-order valence-electron chi connectivity index (χ1n) is 5.65. The second-order valence-corrected chi connectivity index (χ2v) is 4.18. The summed E-state index contributed by atoms with van der Waals surface area (Å²) in [6.45, 7) is 6.91. The molecule has 1 saturated heterocycles. The van der Waals surface area contributed by atoms with E-state index in [4.69, 9.17) is 0 Å². The van der Waals surface area contributed by atoms with Crippen LogP contribution in [0.1, 0.15) is 30.9 Å². The van der Waals surface area contributed by atoms with Gasteiger partial charge in [-0.3, -0.25) is 0 Å². The number of benzene rings is 1. The van der Waals surface area contributed by atoms with Gasteiger partial charge in [-0.25, -0.2) is 0 Å². The van der Waals surface area contributed by atoms with Crippen molar-refractivity contribution in [3.05, 3.63) is 29.3 Å². The zero-order chi connectivity index (χ0) is 9.97. The lowest BCUT2D eigenvalue weighted by atomic mass is 10.1. The fraction of sp³-hybridized carbons (Fsp3) is 0.538. The number of rotatable bonds is 2. The van der Waals surface area contributed by atoms with E-state index in [1.807, 2.05) is 0 Å². The lowest BCUT2D eigenvalue weighted by Crippen LogP contribution is -2.19. The fourth-order valence-corrected chi connectivity index (χ4v) is 2.23. The summed E-state index contributed by atoms with van der Waals surface area (Å²) in [5.74, 6) is 0. The molecule has 76 valence electrons. The van der Waals surface area contributed by atoms with Crippen LogP contribution in [0, 0.1) is 6.92 Å². The van der Waals surface area contributed by atoms with Crippen LogP contribution in [0.2, 0.25) is 0 Å². The van der Waals surface area contributed by atoms with Crippen molar-refractivity contribution in [3.8, 4) is 0 Å². The molecule has 1 aromatic carbocycles. The van der Waals surface area contributed by atoms with Gasteiger partial charge in [-0.2, -0.15) is 0 Å². The average molecular weight is 189 g/mol.